The molecule has 10 aromatic rings. The molecule has 0 aromatic heterocycles. The Bertz CT molecular complexity index is 6630. The largest absolute Gasteiger partial charge is 0.504 e. The summed E-state index contributed by atoms with van der Waals surface area (Å²) in [5.74, 6) is -64.9. The Morgan fingerprint density at radius 1 is 0.239 bits per heavy atom. The molecule has 29 N–H and O–H groups in total. The van der Waals surface area contributed by atoms with Crippen molar-refractivity contribution in [3.05, 3.63) is 147 Å². The number of benzene rings is 10. The number of esters is 10. The summed E-state index contributed by atoms with van der Waals surface area (Å²) in [4.78, 5) is 147. The van der Waals surface area contributed by atoms with Crippen molar-refractivity contribution in [1.29, 1.82) is 0 Å². The molecule has 4 aliphatic heterocycles. The number of phenols is 29. The smallest absolute Gasteiger partial charge is 0.342 e. The summed E-state index contributed by atoms with van der Waals surface area (Å²) in [6, 6.07) is 4.88. The van der Waals surface area contributed by atoms with Gasteiger partial charge in [-0.3, -0.25) is 0 Å². The number of hydrogen-bond acceptors (Lipinski definition) is 52. The Labute approximate surface area is 736 Å². The van der Waals surface area contributed by atoms with E-state index in [0.717, 1.165) is 0 Å². The molecule has 10 unspecified atom stereocenters. The lowest BCUT2D eigenvalue weighted by atomic mass is 9.92. The summed E-state index contributed by atoms with van der Waals surface area (Å²) in [5, 5.41) is 315. The van der Waals surface area contributed by atoms with E-state index >= 15 is 9.59 Å². The molecule has 14 rings (SSSR count). The van der Waals surface area contributed by atoms with Gasteiger partial charge < -0.3 is 210 Å². The molecule has 0 bridgehead atoms. The summed E-state index contributed by atoms with van der Waals surface area (Å²) < 4.78 is 74.0. The van der Waals surface area contributed by atoms with Gasteiger partial charge in [0.15, 0.2) is 162 Å². The van der Waals surface area contributed by atoms with Gasteiger partial charge in [0, 0.05) is 28.3 Å². The molecule has 0 amide bonds. The van der Waals surface area contributed by atoms with Crippen LogP contribution in [0.15, 0.2) is 91.0 Å². The molecule has 52 heteroatoms. The summed E-state index contributed by atoms with van der Waals surface area (Å²) in [6.07, 6.45) is -28.3. The Balaban J connectivity index is 0.868. The van der Waals surface area contributed by atoms with Crippen molar-refractivity contribution >= 4 is 59.7 Å². The first-order valence-electron chi connectivity index (χ1n) is 37.0. The molecule has 0 spiro atoms. The van der Waals surface area contributed by atoms with Crippen LogP contribution >= 0.6 is 0 Å². The molecule has 0 aliphatic carbocycles. The van der Waals surface area contributed by atoms with E-state index in [0.29, 0.717) is 60.7 Å². The van der Waals surface area contributed by atoms with Gasteiger partial charge in [0.1, 0.15) is 31.0 Å². The van der Waals surface area contributed by atoms with E-state index in [4.69, 9.17) is 61.6 Å². The minimum Gasteiger partial charge on any atom is -0.504 e. The van der Waals surface area contributed by atoms with E-state index in [1.165, 1.54) is 0 Å². The van der Waals surface area contributed by atoms with Crippen LogP contribution in [0.2, 0.25) is 0 Å². The molecular formula is C82H58O52. The van der Waals surface area contributed by atoms with Crippen LogP contribution in [0.25, 0.3) is 22.3 Å². The number of ether oxygens (including phenoxy) is 13. The summed E-state index contributed by atoms with van der Waals surface area (Å²) >= 11 is 0. The van der Waals surface area contributed by atoms with Crippen LogP contribution in [0.3, 0.4) is 0 Å². The van der Waals surface area contributed by atoms with E-state index in [-0.39, 0.29) is 30.3 Å². The van der Waals surface area contributed by atoms with Crippen LogP contribution in [-0.4, -0.2) is 282 Å². The predicted molar refractivity (Wildman–Crippen MR) is 415 cm³/mol. The molecule has 2 fully saturated rings. The zero-order valence-corrected chi connectivity index (χ0v) is 65.7. The van der Waals surface area contributed by atoms with Crippen LogP contribution in [0.4, 0.5) is 0 Å². The highest BCUT2D eigenvalue weighted by atomic mass is 16.8. The van der Waals surface area contributed by atoms with E-state index in [1.807, 2.05) is 0 Å². The van der Waals surface area contributed by atoms with Gasteiger partial charge in [0.25, 0.3) is 0 Å². The van der Waals surface area contributed by atoms with Gasteiger partial charge in [-0.1, -0.05) is 0 Å². The zero-order valence-electron chi connectivity index (χ0n) is 65.7. The van der Waals surface area contributed by atoms with Gasteiger partial charge in [-0.2, -0.15) is 0 Å². The average molecular weight is 1880 g/mol. The quantitative estimate of drug-likeness (QED) is 0.0419. The normalized spacial score (nSPS) is 19.1. The van der Waals surface area contributed by atoms with Crippen molar-refractivity contribution in [2.24, 2.45) is 0 Å². The third-order valence-corrected chi connectivity index (χ3v) is 20.4. The SMILES string of the molecule is O=C(OC1OC2COC(=O)c3cc(O)c(O)c(O)c3-c3c(cc(O)c(O)c3O)C(=O)OC2C(OC(=O)c2cc(O)c(O)c(O)c2)C1OC(=O)c1cc(O)c(O)c(O)c1)c1cc(O)c(Oc2c(C(=O)OC3C(OC(=O)c4cc(O)c(O)c(O)c4)OC4COC(=O)c5cc(O)c(O)c(O)c5-c5c(cc(O)c(O)c5O)C(=O)OC4C3OC(=O)c3cc(O)c(O)c(O)c3)cc(O)c(O)c2O)c(O)c1. The van der Waals surface area contributed by atoms with E-state index in [2.05, 4.69) is 0 Å². The lowest BCUT2D eigenvalue weighted by Crippen LogP contribution is -2.63. The first-order valence-corrected chi connectivity index (χ1v) is 37.0. The van der Waals surface area contributed by atoms with Crippen LogP contribution in [0.5, 0.6) is 178 Å². The van der Waals surface area contributed by atoms with Gasteiger partial charge in [-0.15, -0.1) is 0 Å². The van der Waals surface area contributed by atoms with Gasteiger partial charge in [-0.25, -0.2) is 47.9 Å². The van der Waals surface area contributed by atoms with Gasteiger partial charge in [0.05, 0.1) is 50.1 Å². The molecule has 4 heterocycles. The van der Waals surface area contributed by atoms with E-state index in [9.17, 15) is 186 Å². The van der Waals surface area contributed by atoms with Crippen LogP contribution in [-0.2, 0) is 56.8 Å². The highest BCUT2D eigenvalue weighted by Gasteiger charge is 2.58. The third kappa shape index (κ3) is 16.2. The second-order valence-electron chi connectivity index (χ2n) is 28.7. The van der Waals surface area contributed by atoms with Gasteiger partial charge in [0.2, 0.25) is 65.0 Å². The summed E-state index contributed by atoms with van der Waals surface area (Å²) in [7, 11) is 0. The summed E-state index contributed by atoms with van der Waals surface area (Å²) in [6.45, 7) is -3.06. The van der Waals surface area contributed by atoms with Crippen LogP contribution < -0.4 is 4.74 Å². The average Bonchev–Trinajstić information content (AvgIpc) is 1.27. The Hall–Kier alpha value is -19.2. The molecule has 0 saturated carbocycles. The molecule has 2 saturated heterocycles. The van der Waals surface area contributed by atoms with Crippen molar-refractivity contribution < 1.29 is 258 Å². The minimum atomic E-state index is -3.07. The Kier molecular flexibility index (Phi) is 23.2. The topological polar surface area (TPSA) is 877 Å². The number of carbonyl (C=O) groups is 10. The predicted octanol–water partition coefficient (Wildman–Crippen LogP) is 3.73. The van der Waals surface area contributed by atoms with Crippen molar-refractivity contribution in [1.82, 2.24) is 0 Å². The summed E-state index contributed by atoms with van der Waals surface area (Å²) in [5.41, 5.74) is -16.9. The van der Waals surface area contributed by atoms with Gasteiger partial charge in [-0.05, 0) is 84.9 Å². The molecule has 10 aromatic carbocycles. The number of phenolic OH excluding ortho intramolecular Hbond substituents is 29. The second kappa shape index (κ2) is 34.2. The highest BCUT2D eigenvalue weighted by molar-refractivity contribution is 6.11. The maximum absolute atomic E-state index is 15.4. The van der Waals surface area contributed by atoms with Crippen molar-refractivity contribution in [3.8, 4) is 200 Å². The number of fused-ring (bicyclic) bond motifs is 8. The first-order chi connectivity index (χ1) is 63.0. The van der Waals surface area contributed by atoms with E-state index in [1.54, 1.807) is 0 Å². The fraction of sp³-hybridized carbons (Fsp3) is 0.146. The Morgan fingerprint density at radius 2 is 0.470 bits per heavy atom. The van der Waals surface area contributed by atoms with Crippen LogP contribution in [0, 0.1) is 0 Å². The third-order valence-electron chi connectivity index (χ3n) is 20.4. The molecule has 698 valence electrons. The number of rotatable bonds is 14. The van der Waals surface area contributed by atoms with Gasteiger partial charge >= 0.3 is 59.7 Å². The Morgan fingerprint density at radius 3 is 0.761 bits per heavy atom. The molecular weight excluding hydrogens is 1820 g/mol. The fourth-order valence-corrected chi connectivity index (χ4v) is 13.9. The zero-order chi connectivity index (χ0) is 97.7. The first kappa shape index (κ1) is 91.0. The van der Waals surface area contributed by atoms with E-state index < -0.39 is 390 Å². The fourth-order valence-electron chi connectivity index (χ4n) is 13.9. The van der Waals surface area contributed by atoms with Crippen molar-refractivity contribution in [3.63, 3.8) is 0 Å². The molecule has 0 radical (unpaired) electrons. The number of hydrogen-bond donors (Lipinski definition) is 29. The molecule has 10 atom stereocenters. The number of aromatic hydroxyl groups is 29. The molecule has 52 nitrogen and oxygen atoms in total. The molecule has 4 aliphatic rings. The minimum absolute atomic E-state index is 0.100. The lowest BCUT2D eigenvalue weighted by molar-refractivity contribution is -0.282. The molecule has 134 heavy (non-hydrogen) atoms. The maximum Gasteiger partial charge on any atom is 0.342 e. The monoisotopic (exact) mass is 1870 g/mol. The lowest BCUT2D eigenvalue weighted by Gasteiger charge is -2.43. The van der Waals surface area contributed by atoms with Crippen LogP contribution in [0.1, 0.15) is 104 Å². The van der Waals surface area contributed by atoms with Crippen molar-refractivity contribution in [2.75, 3.05) is 13.2 Å². The van der Waals surface area contributed by atoms with Crippen molar-refractivity contribution in [2.45, 2.75) is 61.4 Å². The highest BCUT2D eigenvalue weighted by Crippen LogP contribution is 2.58. The standard InChI is InChI=1S/C82H58O52/c83-28-1-18(2-29(84)49(28)98)71(112)129-67-65-43(16-122-76(117)23-11-36(91)53(102)58(107)45(23)47-25(78(119)127-65)13-38(93)55(104)60(47)109)124-81(69(67)131-73(114)20-5-32(87)51(100)33(88)6-20)134-75(116)22-9-41(96)64(42(97)10-22)126-63-27(15-40(95)57(106)62(63)111)80(121)132-70-68(130-72(113)19-3-30(85)50(99)31(86)4-19)66-44(125-82(70)133-74(115)21-7-34(89)52(101)35(90)8-21)17-123-77(118)24-12-37(92)54(103)59(108)46(24)48-26(79(120)128-66)14-39(94)56(105)61(48)110/h1-15,43-44,65-70,81-111H,16-17H2. The second-order valence-corrected chi connectivity index (χ2v) is 28.7. The number of cyclic esters (lactones) is 2. The number of carbonyl (C=O) groups excluding carboxylic acids is 10. The maximum atomic E-state index is 15.4.